The summed E-state index contributed by atoms with van der Waals surface area (Å²) in [4.78, 5) is 0. The molecule has 0 atom stereocenters. The van der Waals surface area contributed by atoms with Crippen LogP contribution in [-0.2, 0) is 0 Å². The van der Waals surface area contributed by atoms with Crippen LogP contribution in [0.25, 0.3) is 93.9 Å². The van der Waals surface area contributed by atoms with E-state index in [0.29, 0.717) is 0 Å². The van der Waals surface area contributed by atoms with Crippen LogP contribution in [0.5, 0.6) is 0 Å². The quantitative estimate of drug-likeness (QED) is 0.184. The van der Waals surface area contributed by atoms with Gasteiger partial charge < -0.3 is 8.98 Å². The molecule has 234 valence electrons. The summed E-state index contributed by atoms with van der Waals surface area (Å²) >= 11 is 0. The fraction of sp³-hybridized carbons (Fsp3) is 0. The van der Waals surface area contributed by atoms with Crippen molar-refractivity contribution in [3.05, 3.63) is 188 Å². The van der Waals surface area contributed by atoms with Crippen LogP contribution < -0.4 is 0 Å². The molecule has 10 aromatic rings. The van der Waals surface area contributed by atoms with Crippen molar-refractivity contribution >= 4 is 43.7 Å². The predicted octanol–water partition coefficient (Wildman–Crippen LogP) is 13.4. The number of benzene rings is 8. The molecule has 0 aliphatic heterocycles. The molecule has 2 nitrogen and oxygen atoms in total. The van der Waals surface area contributed by atoms with Gasteiger partial charge in [0.2, 0.25) is 0 Å². The van der Waals surface area contributed by atoms with Crippen LogP contribution in [-0.4, -0.2) is 4.57 Å². The van der Waals surface area contributed by atoms with E-state index in [-0.39, 0.29) is 0 Å². The van der Waals surface area contributed by atoms with E-state index in [1.165, 1.54) is 66.3 Å². The highest BCUT2D eigenvalue weighted by Gasteiger charge is 2.15. The van der Waals surface area contributed by atoms with Crippen molar-refractivity contribution in [1.29, 1.82) is 0 Å². The minimum atomic E-state index is 0.907. The number of aromatic nitrogens is 1. The molecule has 8 aromatic carbocycles. The lowest BCUT2D eigenvalue weighted by atomic mass is 9.94. The third-order valence-corrected chi connectivity index (χ3v) is 9.99. The monoisotopic (exact) mass is 637 g/mol. The molecule has 0 saturated heterocycles. The molecule has 0 fully saturated rings. The van der Waals surface area contributed by atoms with Crippen LogP contribution in [0, 0.1) is 0 Å². The first-order valence-electron chi connectivity index (χ1n) is 17.1. The smallest absolute Gasteiger partial charge is 0.135 e. The van der Waals surface area contributed by atoms with Crippen LogP contribution in [0.15, 0.2) is 192 Å². The fourth-order valence-corrected chi connectivity index (χ4v) is 7.55. The third-order valence-electron chi connectivity index (χ3n) is 9.99. The summed E-state index contributed by atoms with van der Waals surface area (Å²) in [7, 11) is 0. The first-order valence-corrected chi connectivity index (χ1v) is 17.1. The van der Waals surface area contributed by atoms with E-state index >= 15 is 0 Å². The zero-order valence-corrected chi connectivity index (χ0v) is 27.3. The lowest BCUT2D eigenvalue weighted by Gasteiger charge is -2.11. The molecule has 0 unspecified atom stereocenters. The van der Waals surface area contributed by atoms with E-state index in [0.717, 1.165) is 27.6 Å². The van der Waals surface area contributed by atoms with Gasteiger partial charge in [-0.25, -0.2) is 0 Å². The van der Waals surface area contributed by atoms with Gasteiger partial charge in [-0.1, -0.05) is 127 Å². The van der Waals surface area contributed by atoms with Gasteiger partial charge in [0.05, 0.1) is 11.0 Å². The summed E-state index contributed by atoms with van der Waals surface area (Å²) in [5.41, 5.74) is 15.0. The van der Waals surface area contributed by atoms with Crippen LogP contribution in [0.3, 0.4) is 0 Å². The zero-order chi connectivity index (χ0) is 33.0. The Balaban J connectivity index is 1.04. The zero-order valence-electron chi connectivity index (χ0n) is 27.3. The van der Waals surface area contributed by atoms with Crippen molar-refractivity contribution in [2.75, 3.05) is 0 Å². The van der Waals surface area contributed by atoms with E-state index in [1.807, 2.05) is 12.1 Å². The van der Waals surface area contributed by atoms with Crippen LogP contribution in [0.1, 0.15) is 0 Å². The average Bonchev–Trinajstić information content (AvgIpc) is 3.73. The van der Waals surface area contributed by atoms with Gasteiger partial charge in [-0.15, -0.1) is 0 Å². The minimum Gasteiger partial charge on any atom is -0.456 e. The lowest BCUT2D eigenvalue weighted by Crippen LogP contribution is -1.93. The van der Waals surface area contributed by atoms with Gasteiger partial charge in [0.1, 0.15) is 11.2 Å². The molecular formula is C48H31NO. The standard InChI is InChI=1S/C48H31NO/c1-2-11-32(12-3-1)33-13-8-14-34(27-33)35-15-9-16-36(28-35)37-17-10-18-38(29-37)39-23-25-46-43(30-39)41-19-4-6-21-45(41)49(46)40-24-26-48-44(31-40)42-20-5-7-22-47(42)50-48/h1-31H. The summed E-state index contributed by atoms with van der Waals surface area (Å²) in [5.74, 6) is 0. The maximum absolute atomic E-state index is 6.15. The van der Waals surface area contributed by atoms with Crippen molar-refractivity contribution in [1.82, 2.24) is 4.57 Å². The summed E-state index contributed by atoms with van der Waals surface area (Å²) in [6.45, 7) is 0. The van der Waals surface area contributed by atoms with Crippen molar-refractivity contribution in [2.45, 2.75) is 0 Å². The normalized spacial score (nSPS) is 11.6. The molecule has 0 bridgehead atoms. The highest BCUT2D eigenvalue weighted by atomic mass is 16.3. The Labute approximate surface area is 290 Å². The number of nitrogens with zero attached hydrogens (tertiary/aromatic N) is 1. The highest BCUT2D eigenvalue weighted by molar-refractivity contribution is 6.11. The second kappa shape index (κ2) is 11.5. The average molecular weight is 638 g/mol. The molecule has 0 N–H and O–H groups in total. The molecule has 2 heteroatoms. The van der Waals surface area contributed by atoms with Crippen LogP contribution >= 0.6 is 0 Å². The molecule has 0 saturated carbocycles. The number of furan rings is 1. The van der Waals surface area contributed by atoms with E-state index in [9.17, 15) is 0 Å². The van der Waals surface area contributed by atoms with Gasteiger partial charge in [-0.05, 0) is 105 Å². The largest absolute Gasteiger partial charge is 0.456 e. The van der Waals surface area contributed by atoms with E-state index in [2.05, 4.69) is 180 Å². The molecule has 10 rings (SSSR count). The van der Waals surface area contributed by atoms with Crippen molar-refractivity contribution in [3.63, 3.8) is 0 Å². The lowest BCUT2D eigenvalue weighted by molar-refractivity contribution is 0.669. The Bertz CT molecular complexity index is 2870. The number of hydrogen-bond acceptors (Lipinski definition) is 1. The topological polar surface area (TPSA) is 18.1 Å². The number of para-hydroxylation sites is 2. The number of hydrogen-bond donors (Lipinski definition) is 0. The van der Waals surface area contributed by atoms with Gasteiger partial charge in [0, 0.05) is 27.2 Å². The van der Waals surface area contributed by atoms with Crippen molar-refractivity contribution in [2.24, 2.45) is 0 Å². The summed E-state index contributed by atoms with van der Waals surface area (Å²) in [6.07, 6.45) is 0. The Morgan fingerprint density at radius 2 is 0.780 bits per heavy atom. The molecule has 0 amide bonds. The molecular weight excluding hydrogens is 607 g/mol. The number of rotatable bonds is 5. The summed E-state index contributed by atoms with van der Waals surface area (Å²) in [5, 5.41) is 4.74. The maximum atomic E-state index is 6.15. The first kappa shape index (κ1) is 28.4. The molecule has 0 aliphatic rings. The molecule has 2 aromatic heterocycles. The van der Waals surface area contributed by atoms with E-state index < -0.39 is 0 Å². The second-order valence-electron chi connectivity index (χ2n) is 13.0. The molecule has 50 heavy (non-hydrogen) atoms. The van der Waals surface area contributed by atoms with E-state index in [4.69, 9.17) is 4.42 Å². The van der Waals surface area contributed by atoms with Crippen LogP contribution in [0.2, 0.25) is 0 Å². The molecule has 0 radical (unpaired) electrons. The highest BCUT2D eigenvalue weighted by Crippen LogP contribution is 2.38. The first-order chi connectivity index (χ1) is 24.8. The van der Waals surface area contributed by atoms with Gasteiger partial charge in [-0.3, -0.25) is 0 Å². The summed E-state index contributed by atoms with van der Waals surface area (Å²) < 4.78 is 8.53. The van der Waals surface area contributed by atoms with Gasteiger partial charge in [0.15, 0.2) is 0 Å². The third kappa shape index (κ3) is 4.73. The summed E-state index contributed by atoms with van der Waals surface area (Å²) in [6, 6.07) is 67.6. The SMILES string of the molecule is c1ccc(-c2cccc(-c3cccc(-c4cccc(-c5ccc6c(c5)c5ccccc5n6-c5ccc6oc7ccccc7c6c5)c4)c3)c2)cc1. The van der Waals surface area contributed by atoms with Gasteiger partial charge >= 0.3 is 0 Å². The van der Waals surface area contributed by atoms with E-state index in [1.54, 1.807) is 0 Å². The van der Waals surface area contributed by atoms with Gasteiger partial charge in [-0.2, -0.15) is 0 Å². The fourth-order valence-electron chi connectivity index (χ4n) is 7.55. The molecule has 2 heterocycles. The van der Waals surface area contributed by atoms with Crippen LogP contribution in [0.4, 0.5) is 0 Å². The molecule has 0 aliphatic carbocycles. The Hall–Kier alpha value is -6.64. The Kier molecular flexibility index (Phi) is 6.53. The predicted molar refractivity (Wildman–Crippen MR) is 210 cm³/mol. The number of fused-ring (bicyclic) bond motifs is 6. The Morgan fingerprint density at radius 1 is 0.280 bits per heavy atom. The van der Waals surface area contributed by atoms with Crippen molar-refractivity contribution < 1.29 is 4.42 Å². The van der Waals surface area contributed by atoms with Crippen molar-refractivity contribution in [3.8, 4) is 50.2 Å². The Morgan fingerprint density at radius 3 is 1.46 bits per heavy atom. The van der Waals surface area contributed by atoms with Gasteiger partial charge in [0.25, 0.3) is 0 Å². The minimum absolute atomic E-state index is 0.907. The second-order valence-corrected chi connectivity index (χ2v) is 13.0. The maximum Gasteiger partial charge on any atom is 0.135 e. The molecule has 0 spiro atoms.